The Labute approximate surface area is 104 Å². The average molecular weight is 240 g/mol. The third kappa shape index (κ3) is 4.62. The minimum atomic E-state index is 0.219. The van der Waals surface area contributed by atoms with Gasteiger partial charge in [0.2, 0.25) is 0 Å². The maximum absolute atomic E-state index is 6.08. The third-order valence-corrected chi connectivity index (χ3v) is 3.70. The number of rotatable bonds is 8. The smallest absolute Gasteiger partial charge is 0.0309 e. The highest BCUT2D eigenvalue weighted by Crippen LogP contribution is 2.16. The van der Waals surface area contributed by atoms with Gasteiger partial charge in [0.25, 0.3) is 0 Å². The Kier molecular flexibility index (Phi) is 6.65. The van der Waals surface area contributed by atoms with E-state index in [9.17, 15) is 0 Å². The molecule has 3 heteroatoms. The summed E-state index contributed by atoms with van der Waals surface area (Å²) in [7, 11) is 0. The molecule has 0 spiro atoms. The molecule has 0 saturated carbocycles. The van der Waals surface area contributed by atoms with Crippen molar-refractivity contribution in [3.63, 3.8) is 0 Å². The van der Waals surface area contributed by atoms with Crippen LogP contribution >= 0.6 is 11.8 Å². The molecule has 1 aromatic rings. The molecule has 0 radical (unpaired) electrons. The molecule has 1 unspecified atom stereocenters. The van der Waals surface area contributed by atoms with E-state index in [0.717, 1.165) is 19.4 Å². The van der Waals surface area contributed by atoms with Crippen molar-refractivity contribution in [1.82, 2.24) is 4.57 Å². The first-order valence-electron chi connectivity index (χ1n) is 6.27. The summed E-state index contributed by atoms with van der Waals surface area (Å²) in [5, 5.41) is 0. The van der Waals surface area contributed by atoms with Crippen LogP contribution in [0.15, 0.2) is 18.5 Å². The van der Waals surface area contributed by atoms with Gasteiger partial charge in [-0.15, -0.1) is 0 Å². The van der Waals surface area contributed by atoms with E-state index in [4.69, 9.17) is 5.73 Å². The van der Waals surface area contributed by atoms with Gasteiger partial charge in [0.05, 0.1) is 0 Å². The van der Waals surface area contributed by atoms with E-state index >= 15 is 0 Å². The van der Waals surface area contributed by atoms with Crippen LogP contribution in [0.5, 0.6) is 0 Å². The fraction of sp³-hybridized carbons (Fsp3) is 0.692. The van der Waals surface area contributed by atoms with E-state index in [-0.39, 0.29) is 6.04 Å². The van der Waals surface area contributed by atoms with Crippen LogP contribution in [0.2, 0.25) is 0 Å². The number of thioether (sulfide) groups is 1. The van der Waals surface area contributed by atoms with Gasteiger partial charge in [-0.1, -0.05) is 20.3 Å². The normalized spacial score (nSPS) is 12.9. The van der Waals surface area contributed by atoms with Gasteiger partial charge in [-0.25, -0.2) is 0 Å². The van der Waals surface area contributed by atoms with Gasteiger partial charge in [0, 0.05) is 25.0 Å². The number of aromatic nitrogens is 1. The van der Waals surface area contributed by atoms with Crippen LogP contribution in [-0.4, -0.2) is 16.1 Å². The zero-order valence-electron chi connectivity index (χ0n) is 10.5. The summed E-state index contributed by atoms with van der Waals surface area (Å²) in [6.45, 7) is 5.51. The van der Waals surface area contributed by atoms with E-state index in [1.807, 2.05) is 11.8 Å². The van der Waals surface area contributed by atoms with E-state index in [1.165, 1.54) is 23.5 Å². The Hall–Kier alpha value is -0.410. The molecule has 92 valence electrons. The minimum absolute atomic E-state index is 0.219. The number of aryl methyl sites for hydroxylation is 1. The third-order valence-electron chi connectivity index (χ3n) is 2.71. The SMILES string of the molecule is CCCC(N)c1ccn(CCCSCC)c1. The second-order valence-electron chi connectivity index (χ2n) is 4.13. The molecule has 1 heterocycles. The first kappa shape index (κ1) is 13.7. The molecule has 2 N–H and O–H groups in total. The fourth-order valence-electron chi connectivity index (χ4n) is 1.79. The molecular weight excluding hydrogens is 216 g/mol. The molecule has 1 atom stereocenters. The largest absolute Gasteiger partial charge is 0.354 e. The van der Waals surface area contributed by atoms with Crippen LogP contribution in [0.1, 0.15) is 44.7 Å². The second-order valence-corrected chi connectivity index (χ2v) is 5.52. The highest BCUT2D eigenvalue weighted by Gasteiger charge is 2.05. The van der Waals surface area contributed by atoms with Gasteiger partial charge in [-0.3, -0.25) is 0 Å². The van der Waals surface area contributed by atoms with E-state index < -0.39 is 0 Å². The predicted molar refractivity (Wildman–Crippen MR) is 73.9 cm³/mol. The Morgan fingerprint density at radius 2 is 2.25 bits per heavy atom. The highest BCUT2D eigenvalue weighted by atomic mass is 32.2. The quantitative estimate of drug-likeness (QED) is 0.706. The highest BCUT2D eigenvalue weighted by molar-refractivity contribution is 7.99. The van der Waals surface area contributed by atoms with Crippen LogP contribution < -0.4 is 5.73 Å². The Morgan fingerprint density at radius 1 is 1.44 bits per heavy atom. The zero-order chi connectivity index (χ0) is 11.8. The monoisotopic (exact) mass is 240 g/mol. The molecular formula is C13H24N2S. The van der Waals surface area contributed by atoms with Gasteiger partial charge in [-0.05, 0) is 36.0 Å². The van der Waals surface area contributed by atoms with Crippen molar-refractivity contribution in [1.29, 1.82) is 0 Å². The van der Waals surface area contributed by atoms with Crippen molar-refractivity contribution >= 4 is 11.8 Å². The number of nitrogens with two attached hydrogens (primary N) is 1. The Balaban J connectivity index is 2.33. The molecule has 1 aromatic heterocycles. The maximum Gasteiger partial charge on any atom is 0.0309 e. The Bertz CT molecular complexity index is 283. The van der Waals surface area contributed by atoms with E-state index in [1.54, 1.807) is 0 Å². The van der Waals surface area contributed by atoms with Gasteiger partial charge >= 0.3 is 0 Å². The minimum Gasteiger partial charge on any atom is -0.354 e. The molecule has 0 bridgehead atoms. The molecule has 0 aliphatic rings. The van der Waals surface area contributed by atoms with E-state index in [0.29, 0.717) is 0 Å². The van der Waals surface area contributed by atoms with Crippen molar-refractivity contribution in [2.24, 2.45) is 5.73 Å². The van der Waals surface area contributed by atoms with Gasteiger partial charge in [-0.2, -0.15) is 11.8 Å². The molecule has 0 amide bonds. The molecule has 16 heavy (non-hydrogen) atoms. The topological polar surface area (TPSA) is 30.9 Å². The van der Waals surface area contributed by atoms with Crippen LogP contribution in [0, 0.1) is 0 Å². The number of hydrogen-bond acceptors (Lipinski definition) is 2. The molecule has 1 rings (SSSR count). The Morgan fingerprint density at radius 3 is 2.94 bits per heavy atom. The predicted octanol–water partition coefficient (Wildman–Crippen LogP) is 3.43. The maximum atomic E-state index is 6.08. The summed E-state index contributed by atoms with van der Waals surface area (Å²) < 4.78 is 2.26. The van der Waals surface area contributed by atoms with Crippen LogP contribution in [0.25, 0.3) is 0 Å². The lowest BCUT2D eigenvalue weighted by atomic mass is 10.1. The number of hydrogen-bond donors (Lipinski definition) is 1. The molecule has 0 fully saturated rings. The molecule has 0 aliphatic carbocycles. The first-order chi connectivity index (χ1) is 7.77. The summed E-state index contributed by atoms with van der Waals surface area (Å²) >= 11 is 2.01. The van der Waals surface area contributed by atoms with Crippen LogP contribution in [0.3, 0.4) is 0 Å². The summed E-state index contributed by atoms with van der Waals surface area (Å²) in [6.07, 6.45) is 7.84. The first-order valence-corrected chi connectivity index (χ1v) is 7.42. The number of nitrogens with zero attached hydrogens (tertiary/aromatic N) is 1. The molecule has 0 saturated heterocycles. The fourth-order valence-corrected chi connectivity index (χ4v) is 2.41. The van der Waals surface area contributed by atoms with Crippen molar-refractivity contribution < 1.29 is 0 Å². The summed E-state index contributed by atoms with van der Waals surface area (Å²) in [4.78, 5) is 0. The van der Waals surface area contributed by atoms with Crippen molar-refractivity contribution in [3.8, 4) is 0 Å². The van der Waals surface area contributed by atoms with Gasteiger partial charge in [0.1, 0.15) is 0 Å². The van der Waals surface area contributed by atoms with E-state index in [2.05, 4.69) is 36.9 Å². The van der Waals surface area contributed by atoms with Crippen LogP contribution in [0.4, 0.5) is 0 Å². The summed E-state index contributed by atoms with van der Waals surface area (Å²) in [5.74, 6) is 2.48. The lowest BCUT2D eigenvalue weighted by Crippen LogP contribution is -2.08. The van der Waals surface area contributed by atoms with Gasteiger partial charge < -0.3 is 10.3 Å². The summed E-state index contributed by atoms with van der Waals surface area (Å²) in [6, 6.07) is 2.38. The molecule has 2 nitrogen and oxygen atoms in total. The molecule has 0 aromatic carbocycles. The lowest BCUT2D eigenvalue weighted by Gasteiger charge is -2.07. The van der Waals surface area contributed by atoms with Gasteiger partial charge in [0.15, 0.2) is 0 Å². The second kappa shape index (κ2) is 7.80. The van der Waals surface area contributed by atoms with Crippen molar-refractivity contribution in [3.05, 3.63) is 24.0 Å². The average Bonchev–Trinajstić information content (AvgIpc) is 2.73. The van der Waals surface area contributed by atoms with Crippen molar-refractivity contribution in [2.75, 3.05) is 11.5 Å². The zero-order valence-corrected chi connectivity index (χ0v) is 11.3. The van der Waals surface area contributed by atoms with Crippen LogP contribution in [-0.2, 0) is 6.54 Å². The van der Waals surface area contributed by atoms with Crippen molar-refractivity contribution in [2.45, 2.75) is 45.7 Å². The summed E-state index contributed by atoms with van der Waals surface area (Å²) in [5.41, 5.74) is 7.36. The lowest BCUT2D eigenvalue weighted by molar-refractivity contribution is 0.630. The molecule has 0 aliphatic heterocycles. The standard InChI is InChI=1S/C13H24N2S/c1-3-6-13(14)12-7-9-15(11-12)8-5-10-16-4-2/h7,9,11,13H,3-6,8,10,14H2,1-2H3.